The lowest BCUT2D eigenvalue weighted by Crippen LogP contribution is -2.34. The molecule has 2 rings (SSSR count). The molecule has 1 heterocycles. The Kier molecular flexibility index (Phi) is 9.64. The van der Waals surface area contributed by atoms with Crippen LogP contribution < -0.4 is 15.4 Å². The van der Waals surface area contributed by atoms with Crippen LogP contribution in [0.3, 0.4) is 0 Å². The van der Waals surface area contributed by atoms with Gasteiger partial charge in [0.15, 0.2) is 0 Å². The number of unbranched alkanes of at least 4 members (excludes halogenated alkanes) is 3. The van der Waals surface area contributed by atoms with Crippen LogP contribution in [-0.4, -0.2) is 29.9 Å². The Balaban J connectivity index is 1.67. The number of hydrogen-bond donors (Lipinski definition) is 2. The lowest BCUT2D eigenvalue weighted by molar-refractivity contribution is -0.121. The fourth-order valence-corrected chi connectivity index (χ4v) is 3.60. The molecule has 0 aliphatic carbocycles. The van der Waals surface area contributed by atoms with Crippen molar-refractivity contribution in [1.29, 1.82) is 0 Å². The summed E-state index contributed by atoms with van der Waals surface area (Å²) in [6, 6.07) is 6.05. The zero-order valence-electron chi connectivity index (χ0n) is 17.5. The summed E-state index contributed by atoms with van der Waals surface area (Å²) in [6.07, 6.45) is 4.86. The van der Waals surface area contributed by atoms with Crippen molar-refractivity contribution in [1.82, 2.24) is 15.6 Å². The Hall–Kier alpha value is -2.41. The van der Waals surface area contributed by atoms with Gasteiger partial charge >= 0.3 is 0 Å². The topological polar surface area (TPSA) is 80.3 Å². The summed E-state index contributed by atoms with van der Waals surface area (Å²) in [6.45, 7) is 7.33. The summed E-state index contributed by atoms with van der Waals surface area (Å²) in [5, 5.41) is 8.08. The highest BCUT2D eigenvalue weighted by atomic mass is 32.1. The van der Waals surface area contributed by atoms with Crippen molar-refractivity contribution in [2.45, 2.75) is 59.5 Å². The third-order valence-electron chi connectivity index (χ3n) is 4.33. The maximum absolute atomic E-state index is 12.2. The van der Waals surface area contributed by atoms with Crippen molar-refractivity contribution >= 4 is 23.2 Å². The Morgan fingerprint density at radius 1 is 1.03 bits per heavy atom. The molecule has 7 heteroatoms. The predicted molar refractivity (Wildman–Crippen MR) is 116 cm³/mol. The lowest BCUT2D eigenvalue weighted by atomic mass is 10.1. The minimum Gasteiger partial charge on any atom is -0.486 e. The largest absolute Gasteiger partial charge is 0.486 e. The van der Waals surface area contributed by atoms with Crippen LogP contribution >= 0.6 is 11.3 Å². The number of thiazole rings is 1. The minimum absolute atomic E-state index is 0.0369. The van der Waals surface area contributed by atoms with Crippen LogP contribution in [0.1, 0.15) is 65.7 Å². The average Bonchev–Trinajstić information content (AvgIpc) is 3.15. The van der Waals surface area contributed by atoms with Crippen molar-refractivity contribution in [2.75, 3.05) is 13.1 Å². The van der Waals surface area contributed by atoms with Gasteiger partial charge in [0.25, 0.3) is 5.91 Å². The van der Waals surface area contributed by atoms with E-state index in [9.17, 15) is 9.59 Å². The van der Waals surface area contributed by atoms with E-state index in [2.05, 4.69) is 28.6 Å². The second-order valence-corrected chi connectivity index (χ2v) is 8.10. The lowest BCUT2D eigenvalue weighted by Gasteiger charge is -2.07. The number of carbonyl (C=O) groups excluding carboxylic acids is 2. The van der Waals surface area contributed by atoms with E-state index >= 15 is 0 Å². The van der Waals surface area contributed by atoms with Gasteiger partial charge in [-0.15, -0.1) is 11.3 Å². The van der Waals surface area contributed by atoms with E-state index in [1.165, 1.54) is 11.3 Å². The molecule has 0 aliphatic rings. The molecule has 158 valence electrons. The molecule has 2 N–H and O–H groups in total. The monoisotopic (exact) mass is 417 g/mol. The summed E-state index contributed by atoms with van der Waals surface area (Å²) in [5.41, 5.74) is 2.67. The standard InChI is InChI=1S/C22H31N3O3S/c1-4-5-6-7-8-20(26)23-9-10-24-22(27)19-15-29-21(25-19)14-28-18-12-16(2)11-17(3)13-18/h11-13,15H,4-10,14H2,1-3H3,(H,23,26)(H,24,27). The van der Waals surface area contributed by atoms with E-state index in [0.717, 1.165) is 47.6 Å². The molecule has 0 spiro atoms. The predicted octanol–water partition coefficient (Wildman–Crippen LogP) is 4.16. The number of nitrogens with one attached hydrogen (secondary N) is 2. The molecule has 2 aromatic rings. The first-order chi connectivity index (χ1) is 14.0. The first kappa shape index (κ1) is 22.9. The van der Waals surface area contributed by atoms with Crippen LogP contribution in [0.15, 0.2) is 23.6 Å². The van der Waals surface area contributed by atoms with Gasteiger partial charge in [-0.05, 0) is 43.5 Å². The van der Waals surface area contributed by atoms with Gasteiger partial charge in [0, 0.05) is 24.9 Å². The Morgan fingerprint density at radius 3 is 2.48 bits per heavy atom. The van der Waals surface area contributed by atoms with Crippen LogP contribution in [0, 0.1) is 13.8 Å². The highest BCUT2D eigenvalue weighted by Gasteiger charge is 2.11. The third-order valence-corrected chi connectivity index (χ3v) is 5.15. The molecule has 2 amide bonds. The molecule has 0 fully saturated rings. The van der Waals surface area contributed by atoms with Gasteiger partial charge in [0.05, 0.1) is 0 Å². The van der Waals surface area contributed by atoms with E-state index in [-0.39, 0.29) is 11.8 Å². The van der Waals surface area contributed by atoms with Crippen molar-refractivity contribution in [3.63, 3.8) is 0 Å². The van der Waals surface area contributed by atoms with Crippen LogP contribution in [0.5, 0.6) is 5.75 Å². The molecule has 0 unspecified atom stereocenters. The van der Waals surface area contributed by atoms with Gasteiger partial charge in [-0.3, -0.25) is 9.59 Å². The summed E-state index contributed by atoms with van der Waals surface area (Å²) in [7, 11) is 0. The van der Waals surface area contributed by atoms with Gasteiger partial charge in [-0.2, -0.15) is 0 Å². The smallest absolute Gasteiger partial charge is 0.270 e. The van der Waals surface area contributed by atoms with Crippen molar-refractivity contribution < 1.29 is 14.3 Å². The zero-order chi connectivity index (χ0) is 21.1. The van der Waals surface area contributed by atoms with Crippen molar-refractivity contribution in [3.8, 4) is 5.75 Å². The van der Waals surface area contributed by atoms with Gasteiger partial charge in [0.2, 0.25) is 5.91 Å². The summed E-state index contributed by atoms with van der Waals surface area (Å²) >= 11 is 1.40. The normalized spacial score (nSPS) is 10.6. The van der Waals surface area contributed by atoms with Crippen LogP contribution in [0.2, 0.25) is 0 Å². The van der Waals surface area contributed by atoms with Crippen LogP contribution in [0.25, 0.3) is 0 Å². The number of carbonyl (C=O) groups is 2. The SMILES string of the molecule is CCCCCCC(=O)NCCNC(=O)c1csc(COc2cc(C)cc(C)c2)n1. The highest BCUT2D eigenvalue weighted by Crippen LogP contribution is 2.19. The van der Waals surface area contributed by atoms with E-state index in [1.807, 2.05) is 26.0 Å². The molecule has 1 aromatic heterocycles. The first-order valence-corrected chi connectivity index (χ1v) is 11.1. The van der Waals surface area contributed by atoms with Crippen molar-refractivity contribution in [3.05, 3.63) is 45.4 Å². The van der Waals surface area contributed by atoms with Gasteiger partial charge in [-0.25, -0.2) is 4.98 Å². The number of nitrogens with zero attached hydrogens (tertiary/aromatic N) is 1. The molecule has 0 bridgehead atoms. The van der Waals surface area contributed by atoms with E-state index in [4.69, 9.17) is 4.74 Å². The Morgan fingerprint density at radius 2 is 1.76 bits per heavy atom. The highest BCUT2D eigenvalue weighted by molar-refractivity contribution is 7.09. The zero-order valence-corrected chi connectivity index (χ0v) is 18.4. The number of aryl methyl sites for hydroxylation is 2. The third kappa shape index (κ3) is 8.64. The average molecular weight is 418 g/mol. The first-order valence-electron chi connectivity index (χ1n) is 10.2. The van der Waals surface area contributed by atoms with E-state index in [0.29, 0.717) is 31.8 Å². The second-order valence-electron chi connectivity index (χ2n) is 7.16. The molecule has 0 atom stereocenters. The molecule has 0 radical (unpaired) electrons. The molecule has 1 aromatic carbocycles. The quantitative estimate of drug-likeness (QED) is 0.508. The van der Waals surface area contributed by atoms with E-state index in [1.54, 1.807) is 5.38 Å². The molecule has 29 heavy (non-hydrogen) atoms. The van der Waals surface area contributed by atoms with Crippen LogP contribution in [-0.2, 0) is 11.4 Å². The fourth-order valence-electron chi connectivity index (χ4n) is 2.91. The Labute approximate surface area is 177 Å². The number of amides is 2. The fraction of sp³-hybridized carbons (Fsp3) is 0.500. The molecular formula is C22H31N3O3S. The molecule has 0 saturated carbocycles. The molecular weight excluding hydrogens is 386 g/mol. The molecule has 0 saturated heterocycles. The number of benzene rings is 1. The molecule has 0 aliphatic heterocycles. The van der Waals surface area contributed by atoms with Gasteiger partial charge in [-0.1, -0.05) is 32.3 Å². The second kappa shape index (κ2) is 12.2. The maximum atomic E-state index is 12.2. The maximum Gasteiger partial charge on any atom is 0.270 e. The summed E-state index contributed by atoms with van der Waals surface area (Å²) < 4.78 is 5.79. The molecule has 6 nitrogen and oxygen atoms in total. The van der Waals surface area contributed by atoms with Crippen LogP contribution in [0.4, 0.5) is 0 Å². The number of hydrogen-bond acceptors (Lipinski definition) is 5. The number of ether oxygens (including phenoxy) is 1. The van der Waals surface area contributed by atoms with Gasteiger partial charge < -0.3 is 15.4 Å². The Bertz CT molecular complexity index is 784. The van der Waals surface area contributed by atoms with Crippen molar-refractivity contribution in [2.24, 2.45) is 0 Å². The minimum atomic E-state index is -0.240. The number of rotatable bonds is 12. The summed E-state index contributed by atoms with van der Waals surface area (Å²) in [4.78, 5) is 28.2. The van der Waals surface area contributed by atoms with Gasteiger partial charge in [0.1, 0.15) is 23.1 Å². The summed E-state index contributed by atoms with van der Waals surface area (Å²) in [5.74, 6) is 0.597. The van der Waals surface area contributed by atoms with E-state index < -0.39 is 0 Å². The number of aromatic nitrogens is 1.